The largest absolute Gasteiger partial charge is 0.383 e. The fraction of sp³-hybridized carbons (Fsp3) is 0.364. The minimum atomic E-state index is -0.159. The molecular formula is C11H14BrN5O2. The molecule has 0 fully saturated rings. The number of hydrogen-bond acceptors (Lipinski definition) is 5. The maximum absolute atomic E-state index is 11.7. The molecule has 0 atom stereocenters. The second kappa shape index (κ2) is 5.98. The molecule has 19 heavy (non-hydrogen) atoms. The van der Waals surface area contributed by atoms with E-state index < -0.39 is 0 Å². The van der Waals surface area contributed by atoms with Gasteiger partial charge in [0.05, 0.1) is 6.61 Å². The fourth-order valence-electron chi connectivity index (χ4n) is 1.65. The number of rotatable bonds is 5. The number of methoxy groups -OCH3 is 1. The number of nitrogen functional groups attached to an aromatic ring is 1. The first kappa shape index (κ1) is 13.8. The Labute approximate surface area is 118 Å². The predicted octanol–water partition coefficient (Wildman–Crippen LogP) is 0.539. The number of halogens is 1. The average molecular weight is 328 g/mol. The number of imidazole rings is 1. The van der Waals surface area contributed by atoms with E-state index in [-0.39, 0.29) is 18.4 Å². The van der Waals surface area contributed by atoms with Gasteiger partial charge in [-0.05, 0) is 22.0 Å². The van der Waals surface area contributed by atoms with E-state index in [2.05, 4.69) is 31.2 Å². The Morgan fingerprint density at radius 3 is 3.16 bits per heavy atom. The van der Waals surface area contributed by atoms with Gasteiger partial charge in [-0.3, -0.25) is 9.36 Å². The lowest BCUT2D eigenvalue weighted by Gasteiger charge is -2.07. The van der Waals surface area contributed by atoms with Crippen molar-refractivity contribution in [2.45, 2.75) is 6.54 Å². The van der Waals surface area contributed by atoms with Gasteiger partial charge in [-0.25, -0.2) is 9.97 Å². The van der Waals surface area contributed by atoms with Gasteiger partial charge in [0.15, 0.2) is 5.65 Å². The number of fused-ring (bicyclic) bond motifs is 1. The molecule has 2 heterocycles. The molecule has 0 bridgehead atoms. The summed E-state index contributed by atoms with van der Waals surface area (Å²) in [5.74, 6) is 0.107. The molecule has 0 aromatic carbocycles. The van der Waals surface area contributed by atoms with Gasteiger partial charge < -0.3 is 15.8 Å². The molecule has 8 heteroatoms. The summed E-state index contributed by atoms with van der Waals surface area (Å²) in [7, 11) is 1.58. The molecule has 2 aromatic rings. The quantitative estimate of drug-likeness (QED) is 0.781. The third-order valence-corrected chi connectivity index (χ3v) is 2.94. The number of pyridine rings is 1. The van der Waals surface area contributed by atoms with Crippen molar-refractivity contribution in [3.63, 3.8) is 0 Å². The summed E-state index contributed by atoms with van der Waals surface area (Å²) in [6, 6.07) is 1.80. The molecule has 0 aliphatic heterocycles. The van der Waals surface area contributed by atoms with Crippen molar-refractivity contribution in [3.05, 3.63) is 16.7 Å². The van der Waals surface area contributed by atoms with Crippen molar-refractivity contribution in [3.8, 4) is 0 Å². The molecule has 102 valence electrons. The first-order chi connectivity index (χ1) is 9.11. The maximum Gasteiger partial charge on any atom is 0.240 e. The molecule has 0 radical (unpaired) electrons. The highest BCUT2D eigenvalue weighted by Crippen LogP contribution is 2.19. The highest BCUT2D eigenvalue weighted by atomic mass is 79.9. The Kier molecular flexibility index (Phi) is 4.33. The molecule has 1 amide bonds. The number of carbonyl (C=O) groups excluding carboxylic acids is 1. The highest BCUT2D eigenvalue weighted by Gasteiger charge is 2.12. The van der Waals surface area contributed by atoms with E-state index in [1.807, 2.05) is 0 Å². The molecule has 0 spiro atoms. The van der Waals surface area contributed by atoms with Crippen LogP contribution in [-0.4, -0.2) is 40.7 Å². The van der Waals surface area contributed by atoms with Gasteiger partial charge in [-0.15, -0.1) is 0 Å². The zero-order valence-electron chi connectivity index (χ0n) is 10.4. The molecular weight excluding hydrogens is 314 g/mol. The lowest BCUT2D eigenvalue weighted by molar-refractivity contribution is -0.121. The Hall–Kier alpha value is -1.67. The molecule has 0 saturated carbocycles. The number of ether oxygens (including phenoxy) is 1. The van der Waals surface area contributed by atoms with Crippen LogP contribution in [-0.2, 0) is 16.1 Å². The minimum absolute atomic E-state index is 0.0840. The van der Waals surface area contributed by atoms with Crippen LogP contribution in [0.2, 0.25) is 0 Å². The van der Waals surface area contributed by atoms with Crippen molar-refractivity contribution in [1.82, 2.24) is 19.9 Å². The molecule has 2 aromatic heterocycles. The van der Waals surface area contributed by atoms with Gasteiger partial charge in [-0.1, -0.05) is 0 Å². The number of amides is 1. The number of nitrogens with two attached hydrogens (primary N) is 1. The van der Waals surface area contributed by atoms with E-state index >= 15 is 0 Å². The van der Waals surface area contributed by atoms with Crippen LogP contribution in [0.5, 0.6) is 0 Å². The normalized spacial score (nSPS) is 10.8. The van der Waals surface area contributed by atoms with Crippen molar-refractivity contribution in [2.75, 3.05) is 26.0 Å². The highest BCUT2D eigenvalue weighted by molar-refractivity contribution is 9.10. The third-order valence-electron chi connectivity index (χ3n) is 2.51. The van der Waals surface area contributed by atoms with Crippen LogP contribution in [0.15, 0.2) is 16.7 Å². The average Bonchev–Trinajstić information content (AvgIpc) is 2.65. The lowest BCUT2D eigenvalue weighted by atomic mass is 10.4. The van der Waals surface area contributed by atoms with Gasteiger partial charge in [0.1, 0.15) is 12.1 Å². The Morgan fingerprint density at radius 2 is 2.42 bits per heavy atom. The Balaban J connectivity index is 2.16. The van der Waals surface area contributed by atoms with Gasteiger partial charge >= 0.3 is 0 Å². The van der Waals surface area contributed by atoms with Crippen LogP contribution in [0.4, 0.5) is 5.95 Å². The minimum Gasteiger partial charge on any atom is -0.383 e. The zero-order chi connectivity index (χ0) is 13.8. The van der Waals surface area contributed by atoms with Gasteiger partial charge in [-0.2, -0.15) is 0 Å². The summed E-state index contributed by atoms with van der Waals surface area (Å²) in [6.07, 6.45) is 1.64. The van der Waals surface area contributed by atoms with Crippen LogP contribution in [0.3, 0.4) is 0 Å². The second-order valence-electron chi connectivity index (χ2n) is 3.90. The first-order valence-corrected chi connectivity index (χ1v) is 6.44. The second-order valence-corrected chi connectivity index (χ2v) is 4.81. The van der Waals surface area contributed by atoms with Crippen molar-refractivity contribution in [1.29, 1.82) is 0 Å². The summed E-state index contributed by atoms with van der Waals surface area (Å²) in [6.45, 7) is 1.01. The van der Waals surface area contributed by atoms with Crippen LogP contribution < -0.4 is 11.1 Å². The van der Waals surface area contributed by atoms with Gasteiger partial charge in [0, 0.05) is 24.3 Å². The molecule has 0 unspecified atom stereocenters. The number of anilines is 1. The Bertz CT molecular complexity index is 598. The van der Waals surface area contributed by atoms with Crippen molar-refractivity contribution < 1.29 is 9.53 Å². The van der Waals surface area contributed by atoms with E-state index in [0.717, 1.165) is 4.47 Å². The van der Waals surface area contributed by atoms with E-state index in [4.69, 9.17) is 10.5 Å². The number of carbonyl (C=O) groups is 1. The first-order valence-electron chi connectivity index (χ1n) is 5.64. The van der Waals surface area contributed by atoms with E-state index in [1.165, 1.54) is 0 Å². The lowest BCUT2D eigenvalue weighted by Crippen LogP contribution is -2.30. The zero-order valence-corrected chi connectivity index (χ0v) is 12.0. The SMILES string of the molecule is COCCNC(=O)Cn1c(N)nc2cc(Br)cnc21. The molecule has 3 N–H and O–H groups in total. The standard InChI is InChI=1S/C11H14BrN5O2/c1-19-3-2-14-9(18)6-17-10-8(16-11(17)13)4-7(12)5-15-10/h4-5H,2-3,6H2,1H3,(H2,13,16)(H,14,18). The predicted molar refractivity (Wildman–Crippen MR) is 74.5 cm³/mol. The topological polar surface area (TPSA) is 95.1 Å². The number of nitrogens with zero attached hydrogens (tertiary/aromatic N) is 3. The Morgan fingerprint density at radius 1 is 1.63 bits per heavy atom. The summed E-state index contributed by atoms with van der Waals surface area (Å²) >= 11 is 3.31. The summed E-state index contributed by atoms with van der Waals surface area (Å²) < 4.78 is 7.25. The van der Waals surface area contributed by atoms with E-state index in [9.17, 15) is 4.79 Å². The fourth-order valence-corrected chi connectivity index (χ4v) is 1.97. The molecule has 2 rings (SSSR count). The maximum atomic E-state index is 11.7. The molecule has 0 saturated heterocycles. The van der Waals surface area contributed by atoms with Crippen LogP contribution in [0, 0.1) is 0 Å². The van der Waals surface area contributed by atoms with Gasteiger partial charge in [0.25, 0.3) is 0 Å². The number of nitrogens with one attached hydrogen (secondary N) is 1. The summed E-state index contributed by atoms with van der Waals surface area (Å²) in [5.41, 5.74) is 7.03. The van der Waals surface area contributed by atoms with Crippen LogP contribution >= 0.6 is 15.9 Å². The molecule has 0 aliphatic rings. The van der Waals surface area contributed by atoms with Crippen molar-refractivity contribution >= 4 is 38.9 Å². The third kappa shape index (κ3) is 3.21. The van der Waals surface area contributed by atoms with E-state index in [0.29, 0.717) is 24.3 Å². The smallest absolute Gasteiger partial charge is 0.240 e. The summed E-state index contributed by atoms with van der Waals surface area (Å²) in [4.78, 5) is 20.1. The number of hydrogen-bond donors (Lipinski definition) is 2. The van der Waals surface area contributed by atoms with E-state index in [1.54, 1.807) is 23.9 Å². The summed E-state index contributed by atoms with van der Waals surface area (Å²) in [5, 5.41) is 2.72. The van der Waals surface area contributed by atoms with Crippen LogP contribution in [0.1, 0.15) is 0 Å². The monoisotopic (exact) mass is 327 g/mol. The number of aromatic nitrogens is 3. The van der Waals surface area contributed by atoms with Crippen LogP contribution in [0.25, 0.3) is 11.2 Å². The van der Waals surface area contributed by atoms with Crippen molar-refractivity contribution in [2.24, 2.45) is 0 Å². The molecule has 0 aliphatic carbocycles. The van der Waals surface area contributed by atoms with Gasteiger partial charge in [0.2, 0.25) is 11.9 Å². The molecule has 7 nitrogen and oxygen atoms in total.